The first-order valence-electron chi connectivity index (χ1n) is 9.91. The predicted octanol–water partition coefficient (Wildman–Crippen LogP) is 4.19. The van der Waals surface area contributed by atoms with E-state index in [0.29, 0.717) is 24.1 Å². The SMILES string of the molecule is O=C(CCCN1C(=O)c2ccc(Br)cc2C1=O)NCc1csc(Cc2ccccc2)n1. The normalized spacial score (nSPS) is 12.9. The van der Waals surface area contributed by atoms with Crippen molar-refractivity contribution in [3.8, 4) is 0 Å². The summed E-state index contributed by atoms with van der Waals surface area (Å²) < 4.78 is 0.752. The van der Waals surface area contributed by atoms with Gasteiger partial charge in [-0.2, -0.15) is 0 Å². The third-order valence-corrected chi connectivity index (χ3v) is 6.37. The van der Waals surface area contributed by atoms with E-state index in [9.17, 15) is 14.4 Å². The van der Waals surface area contributed by atoms with Gasteiger partial charge in [0.25, 0.3) is 11.8 Å². The first-order chi connectivity index (χ1) is 15.0. The maximum atomic E-state index is 12.5. The number of nitrogens with one attached hydrogen (secondary N) is 1. The minimum Gasteiger partial charge on any atom is -0.350 e. The van der Waals surface area contributed by atoms with Gasteiger partial charge in [-0.25, -0.2) is 4.98 Å². The smallest absolute Gasteiger partial charge is 0.261 e. The van der Waals surface area contributed by atoms with E-state index in [-0.39, 0.29) is 30.7 Å². The first-order valence-corrected chi connectivity index (χ1v) is 11.6. The first kappa shape index (κ1) is 21.4. The van der Waals surface area contributed by atoms with Gasteiger partial charge in [-0.1, -0.05) is 46.3 Å². The van der Waals surface area contributed by atoms with Crippen LogP contribution in [0.3, 0.4) is 0 Å². The number of imide groups is 1. The summed E-state index contributed by atoms with van der Waals surface area (Å²) in [5.41, 5.74) is 2.84. The summed E-state index contributed by atoms with van der Waals surface area (Å²) in [6.07, 6.45) is 1.42. The third-order valence-electron chi connectivity index (χ3n) is 4.98. The number of carbonyl (C=O) groups excluding carboxylic acids is 3. The largest absolute Gasteiger partial charge is 0.350 e. The van der Waals surface area contributed by atoms with Gasteiger partial charge in [0, 0.05) is 29.2 Å². The van der Waals surface area contributed by atoms with Crippen molar-refractivity contribution >= 4 is 45.0 Å². The summed E-state index contributed by atoms with van der Waals surface area (Å²) in [6.45, 7) is 0.584. The number of nitrogens with zero attached hydrogens (tertiary/aromatic N) is 2. The zero-order chi connectivity index (χ0) is 21.8. The Labute approximate surface area is 192 Å². The molecule has 6 nitrogen and oxygen atoms in total. The summed E-state index contributed by atoms with van der Waals surface area (Å²) >= 11 is 4.90. The van der Waals surface area contributed by atoms with Crippen molar-refractivity contribution in [3.63, 3.8) is 0 Å². The molecular weight excluding hydrogens is 478 g/mol. The second-order valence-electron chi connectivity index (χ2n) is 7.23. The molecule has 0 saturated carbocycles. The van der Waals surface area contributed by atoms with Crippen molar-refractivity contribution in [3.05, 3.63) is 85.8 Å². The Kier molecular flexibility index (Phi) is 6.58. The van der Waals surface area contributed by atoms with Crippen LogP contribution in [0.15, 0.2) is 58.4 Å². The molecular formula is C23H20BrN3O3S. The number of hydrogen-bond acceptors (Lipinski definition) is 5. The molecule has 1 aliphatic heterocycles. The van der Waals surface area contributed by atoms with Crippen LogP contribution in [0, 0.1) is 0 Å². The predicted molar refractivity (Wildman–Crippen MR) is 122 cm³/mol. The van der Waals surface area contributed by atoms with E-state index in [0.717, 1.165) is 21.6 Å². The number of hydrogen-bond donors (Lipinski definition) is 1. The van der Waals surface area contributed by atoms with Crippen LogP contribution in [0.5, 0.6) is 0 Å². The van der Waals surface area contributed by atoms with Gasteiger partial charge in [0.05, 0.1) is 28.4 Å². The number of thiazole rings is 1. The van der Waals surface area contributed by atoms with Crippen molar-refractivity contribution < 1.29 is 14.4 Å². The van der Waals surface area contributed by atoms with Crippen LogP contribution >= 0.6 is 27.3 Å². The molecule has 8 heteroatoms. The molecule has 0 spiro atoms. The Balaban J connectivity index is 1.22. The number of halogens is 1. The number of fused-ring (bicyclic) bond motifs is 1. The minimum atomic E-state index is -0.310. The number of carbonyl (C=O) groups is 3. The molecule has 4 rings (SSSR count). The molecule has 0 radical (unpaired) electrons. The molecule has 31 heavy (non-hydrogen) atoms. The van der Waals surface area contributed by atoms with Gasteiger partial charge in [0.2, 0.25) is 5.91 Å². The Morgan fingerprint density at radius 3 is 2.65 bits per heavy atom. The monoisotopic (exact) mass is 497 g/mol. The number of benzene rings is 2. The molecule has 0 atom stereocenters. The molecule has 0 aliphatic carbocycles. The molecule has 158 valence electrons. The lowest BCUT2D eigenvalue weighted by Gasteiger charge is -2.13. The van der Waals surface area contributed by atoms with E-state index in [1.807, 2.05) is 23.6 Å². The molecule has 0 saturated heterocycles. The molecule has 1 N–H and O–H groups in total. The maximum Gasteiger partial charge on any atom is 0.261 e. The Morgan fingerprint density at radius 2 is 1.84 bits per heavy atom. The lowest BCUT2D eigenvalue weighted by molar-refractivity contribution is -0.121. The average molecular weight is 498 g/mol. The van der Waals surface area contributed by atoms with E-state index in [1.54, 1.807) is 29.5 Å². The Hall–Kier alpha value is -2.84. The van der Waals surface area contributed by atoms with E-state index in [4.69, 9.17) is 0 Å². The second kappa shape index (κ2) is 9.53. The third kappa shape index (κ3) is 5.08. The number of aromatic nitrogens is 1. The van der Waals surface area contributed by atoms with E-state index < -0.39 is 0 Å². The highest BCUT2D eigenvalue weighted by atomic mass is 79.9. The summed E-state index contributed by atoms with van der Waals surface area (Å²) in [5, 5.41) is 5.82. The van der Waals surface area contributed by atoms with Crippen LogP contribution in [0.1, 0.15) is 49.8 Å². The van der Waals surface area contributed by atoms with Gasteiger partial charge in [-0.3, -0.25) is 19.3 Å². The summed E-state index contributed by atoms with van der Waals surface area (Å²) in [7, 11) is 0. The Bertz CT molecular complexity index is 1130. The molecule has 0 unspecified atom stereocenters. The standard InChI is InChI=1S/C23H20BrN3O3S/c24-16-8-9-18-19(12-16)23(30)27(22(18)29)10-4-7-20(28)25-13-17-14-31-21(26-17)11-15-5-2-1-3-6-15/h1-3,5-6,8-9,12,14H,4,7,10-11,13H2,(H,25,28). The molecule has 0 fully saturated rings. The van der Waals surface area contributed by atoms with Gasteiger partial charge in [0.1, 0.15) is 0 Å². The van der Waals surface area contributed by atoms with Crippen LogP contribution in [-0.4, -0.2) is 34.2 Å². The summed E-state index contributed by atoms with van der Waals surface area (Å²) in [4.78, 5) is 42.8. The van der Waals surface area contributed by atoms with Gasteiger partial charge < -0.3 is 5.32 Å². The minimum absolute atomic E-state index is 0.128. The Morgan fingerprint density at radius 1 is 1.06 bits per heavy atom. The van der Waals surface area contributed by atoms with Crippen molar-refractivity contribution in [2.75, 3.05) is 6.54 Å². The molecule has 2 aromatic carbocycles. The maximum absolute atomic E-state index is 12.5. The highest BCUT2D eigenvalue weighted by Crippen LogP contribution is 2.26. The van der Waals surface area contributed by atoms with E-state index in [1.165, 1.54) is 10.5 Å². The van der Waals surface area contributed by atoms with Crippen LogP contribution in [0.2, 0.25) is 0 Å². The molecule has 2 heterocycles. The fourth-order valence-corrected chi connectivity index (χ4v) is 4.61. The van der Waals surface area contributed by atoms with E-state index in [2.05, 4.69) is 38.4 Å². The quantitative estimate of drug-likeness (QED) is 0.473. The number of rotatable bonds is 8. The molecule has 3 aromatic rings. The summed E-state index contributed by atoms with van der Waals surface area (Å²) in [6, 6.07) is 15.2. The van der Waals surface area contributed by atoms with Gasteiger partial charge in [-0.05, 0) is 30.2 Å². The summed E-state index contributed by atoms with van der Waals surface area (Å²) in [5.74, 6) is -0.742. The van der Waals surface area contributed by atoms with Crippen molar-refractivity contribution in [1.29, 1.82) is 0 Å². The van der Waals surface area contributed by atoms with Crippen molar-refractivity contribution in [1.82, 2.24) is 15.2 Å². The lowest BCUT2D eigenvalue weighted by atomic mass is 10.1. The fourth-order valence-electron chi connectivity index (χ4n) is 3.42. The van der Waals surface area contributed by atoms with Gasteiger partial charge >= 0.3 is 0 Å². The molecule has 3 amide bonds. The zero-order valence-corrected chi connectivity index (χ0v) is 19.0. The number of amides is 3. The topological polar surface area (TPSA) is 79.4 Å². The molecule has 1 aliphatic rings. The zero-order valence-electron chi connectivity index (χ0n) is 16.6. The average Bonchev–Trinajstić information content (AvgIpc) is 3.30. The molecule has 1 aromatic heterocycles. The van der Waals surface area contributed by atoms with Crippen LogP contribution in [0.4, 0.5) is 0 Å². The van der Waals surface area contributed by atoms with Crippen LogP contribution < -0.4 is 5.32 Å². The van der Waals surface area contributed by atoms with Gasteiger partial charge in [-0.15, -0.1) is 11.3 Å². The highest BCUT2D eigenvalue weighted by molar-refractivity contribution is 9.10. The second-order valence-corrected chi connectivity index (χ2v) is 9.09. The van der Waals surface area contributed by atoms with Crippen LogP contribution in [0.25, 0.3) is 0 Å². The highest BCUT2D eigenvalue weighted by Gasteiger charge is 2.35. The van der Waals surface area contributed by atoms with Crippen LogP contribution in [-0.2, 0) is 17.8 Å². The fraction of sp³-hybridized carbons (Fsp3) is 0.217. The van der Waals surface area contributed by atoms with Crippen molar-refractivity contribution in [2.45, 2.75) is 25.8 Å². The van der Waals surface area contributed by atoms with Crippen molar-refractivity contribution in [2.24, 2.45) is 0 Å². The van der Waals surface area contributed by atoms with E-state index >= 15 is 0 Å². The lowest BCUT2D eigenvalue weighted by Crippen LogP contribution is -2.32. The van der Waals surface area contributed by atoms with Gasteiger partial charge in [0.15, 0.2) is 0 Å². The molecule has 0 bridgehead atoms.